The normalized spacial score (nSPS) is 13.4. The highest BCUT2D eigenvalue weighted by Crippen LogP contribution is 1.97. The summed E-state index contributed by atoms with van der Waals surface area (Å²) in [5.74, 6) is -3.25. The van der Waals surface area contributed by atoms with Crippen molar-refractivity contribution < 1.29 is 33.5 Å². The van der Waals surface area contributed by atoms with Crippen LogP contribution in [0.3, 0.4) is 0 Å². The number of ether oxygens (including phenoxy) is 1. The molecule has 150 valence electrons. The van der Waals surface area contributed by atoms with Crippen molar-refractivity contribution in [3.63, 3.8) is 0 Å². The standard InChI is InChI=1S/C15H28N4O6S/c1-19(2,3)6-7-25-13(22)8-17-15(24)11(9-26)18-14(23)10(16)4-5-12(20)21/h10-11H,4-9,16H2,1-3H3,(H3-,17,18,20,21,23,24,26)/t10-,11+/m0/s1. The minimum absolute atomic E-state index is 0.0265. The molecule has 0 rings (SSSR count). The zero-order chi connectivity index (χ0) is 20.3. The van der Waals surface area contributed by atoms with Crippen molar-refractivity contribution >= 4 is 36.4 Å². The van der Waals surface area contributed by atoms with Gasteiger partial charge in [0.05, 0.1) is 27.2 Å². The van der Waals surface area contributed by atoms with Crippen molar-refractivity contribution in [2.24, 2.45) is 5.73 Å². The molecule has 10 nitrogen and oxygen atoms in total. The van der Waals surface area contributed by atoms with E-state index in [0.717, 1.165) is 0 Å². The first-order valence-corrected chi connectivity index (χ1v) is 8.70. The maximum Gasteiger partial charge on any atom is 0.325 e. The molecule has 0 saturated carbocycles. The first-order valence-electron chi connectivity index (χ1n) is 8.06. The lowest BCUT2D eigenvalue weighted by Gasteiger charge is -2.23. The van der Waals surface area contributed by atoms with E-state index >= 15 is 0 Å². The molecule has 0 heterocycles. The first-order chi connectivity index (χ1) is 12.0. The fourth-order valence-corrected chi connectivity index (χ4v) is 1.90. The number of nitrogens with two attached hydrogens (primary N) is 1. The zero-order valence-electron chi connectivity index (χ0n) is 15.3. The van der Waals surface area contributed by atoms with E-state index in [2.05, 4.69) is 23.3 Å². The number of nitrogens with one attached hydrogen (secondary N) is 2. The summed E-state index contributed by atoms with van der Waals surface area (Å²) >= 11 is 3.98. The van der Waals surface area contributed by atoms with E-state index in [9.17, 15) is 24.3 Å². The molecule has 0 aromatic carbocycles. The number of hydrogen-bond donors (Lipinski definition) is 4. The number of carboxylic acids is 1. The van der Waals surface area contributed by atoms with Gasteiger partial charge in [0, 0.05) is 11.7 Å². The van der Waals surface area contributed by atoms with Crippen LogP contribution in [0.25, 0.3) is 0 Å². The van der Waals surface area contributed by atoms with Gasteiger partial charge in [0.2, 0.25) is 11.8 Å². The van der Waals surface area contributed by atoms with Gasteiger partial charge in [-0.15, -0.1) is 0 Å². The van der Waals surface area contributed by atoms with Crippen LogP contribution in [0, 0.1) is 0 Å². The van der Waals surface area contributed by atoms with Gasteiger partial charge in [0.1, 0.15) is 25.7 Å². The smallest absolute Gasteiger partial charge is 0.325 e. The highest BCUT2D eigenvalue weighted by atomic mass is 32.1. The van der Waals surface area contributed by atoms with Gasteiger partial charge in [-0.3, -0.25) is 14.4 Å². The number of thiol groups is 1. The van der Waals surface area contributed by atoms with Crippen LogP contribution in [0.5, 0.6) is 0 Å². The Kier molecular flexibility index (Phi) is 10.9. The topological polar surface area (TPSA) is 151 Å². The molecule has 26 heavy (non-hydrogen) atoms. The molecule has 0 aliphatic heterocycles. The molecule has 0 aromatic rings. The third-order valence-corrected chi connectivity index (χ3v) is 3.61. The number of nitrogens with zero attached hydrogens (tertiary/aromatic N) is 1. The Labute approximate surface area is 158 Å². The third kappa shape index (κ3) is 11.7. The van der Waals surface area contributed by atoms with Crippen molar-refractivity contribution in [3.05, 3.63) is 0 Å². The lowest BCUT2D eigenvalue weighted by Crippen LogP contribution is -2.53. The van der Waals surface area contributed by atoms with Gasteiger partial charge in [-0.05, 0) is 12.8 Å². The van der Waals surface area contributed by atoms with Crippen molar-refractivity contribution in [1.82, 2.24) is 10.6 Å². The summed E-state index contributed by atoms with van der Waals surface area (Å²) in [7, 11) is 5.85. The van der Waals surface area contributed by atoms with Gasteiger partial charge >= 0.3 is 5.97 Å². The maximum atomic E-state index is 12.0. The van der Waals surface area contributed by atoms with Crippen LogP contribution in [-0.4, -0.2) is 86.9 Å². The number of quaternary nitrogens is 1. The van der Waals surface area contributed by atoms with Gasteiger partial charge < -0.3 is 35.5 Å². The van der Waals surface area contributed by atoms with Crippen LogP contribution in [0.1, 0.15) is 12.8 Å². The highest BCUT2D eigenvalue weighted by Gasteiger charge is 2.23. The summed E-state index contributed by atoms with van der Waals surface area (Å²) < 4.78 is 5.63. The maximum absolute atomic E-state index is 12.0. The van der Waals surface area contributed by atoms with Gasteiger partial charge in [0.15, 0.2) is 0 Å². The largest absolute Gasteiger partial charge is 0.550 e. The second-order valence-electron chi connectivity index (χ2n) is 6.71. The molecule has 2 amide bonds. The van der Waals surface area contributed by atoms with Crippen LogP contribution in [0.15, 0.2) is 0 Å². The monoisotopic (exact) mass is 392 g/mol. The summed E-state index contributed by atoms with van der Waals surface area (Å²) in [5, 5.41) is 15.1. The number of esters is 1. The molecule has 0 aromatic heterocycles. The van der Waals surface area contributed by atoms with Crippen molar-refractivity contribution in [2.75, 3.05) is 46.6 Å². The first kappa shape index (κ1) is 24.1. The number of hydrogen-bond acceptors (Lipinski definition) is 8. The molecule has 0 radical (unpaired) electrons. The predicted molar refractivity (Wildman–Crippen MR) is 94.9 cm³/mol. The molecular weight excluding hydrogens is 364 g/mol. The number of likely N-dealkylation sites (N-methyl/N-ethyl adjacent to an activating group) is 1. The Balaban J connectivity index is 4.29. The zero-order valence-corrected chi connectivity index (χ0v) is 16.2. The second kappa shape index (κ2) is 11.7. The van der Waals surface area contributed by atoms with Gasteiger partial charge in [-0.25, -0.2) is 0 Å². The Bertz CT molecular complexity index is 509. The van der Waals surface area contributed by atoms with E-state index in [4.69, 9.17) is 10.5 Å². The molecule has 11 heteroatoms. The predicted octanol–water partition coefficient (Wildman–Crippen LogP) is -3.38. The number of carbonyl (C=O) groups excluding carboxylic acids is 4. The molecule has 2 atom stereocenters. The molecule has 0 bridgehead atoms. The summed E-state index contributed by atoms with van der Waals surface area (Å²) in [6.07, 6.45) is -0.487. The van der Waals surface area contributed by atoms with E-state index in [0.29, 0.717) is 11.0 Å². The Hall–Kier alpha value is -1.85. The summed E-state index contributed by atoms with van der Waals surface area (Å²) in [5.41, 5.74) is 5.55. The van der Waals surface area contributed by atoms with Gasteiger partial charge in [-0.1, -0.05) is 0 Å². The molecule has 0 aliphatic carbocycles. The van der Waals surface area contributed by atoms with Crippen molar-refractivity contribution in [1.29, 1.82) is 0 Å². The van der Waals surface area contributed by atoms with Crippen molar-refractivity contribution in [2.45, 2.75) is 24.9 Å². The average molecular weight is 392 g/mol. The molecule has 0 saturated heterocycles. The average Bonchev–Trinajstić information content (AvgIpc) is 2.53. The lowest BCUT2D eigenvalue weighted by molar-refractivity contribution is -0.870. The van der Waals surface area contributed by atoms with E-state index in [1.165, 1.54) is 0 Å². The second-order valence-corrected chi connectivity index (χ2v) is 7.08. The van der Waals surface area contributed by atoms with Crippen molar-refractivity contribution in [3.8, 4) is 0 Å². The van der Waals surface area contributed by atoms with E-state index in [1.54, 1.807) is 0 Å². The quantitative estimate of drug-likeness (QED) is 0.154. The van der Waals surface area contributed by atoms with E-state index < -0.39 is 35.8 Å². The Morgan fingerprint density at radius 1 is 1.19 bits per heavy atom. The molecule has 0 spiro atoms. The minimum atomic E-state index is -1.32. The Morgan fingerprint density at radius 3 is 2.31 bits per heavy atom. The van der Waals surface area contributed by atoms with Crippen LogP contribution in [-0.2, 0) is 23.9 Å². The highest BCUT2D eigenvalue weighted by molar-refractivity contribution is 7.80. The van der Waals surface area contributed by atoms with Crippen LogP contribution < -0.4 is 21.5 Å². The fourth-order valence-electron chi connectivity index (χ4n) is 1.64. The fraction of sp³-hybridized carbons (Fsp3) is 0.733. The Morgan fingerprint density at radius 2 is 1.81 bits per heavy atom. The summed E-state index contributed by atoms with van der Waals surface area (Å²) in [4.78, 5) is 45.8. The number of rotatable bonds is 12. The number of amides is 2. The van der Waals surface area contributed by atoms with Crippen LogP contribution >= 0.6 is 12.6 Å². The SMILES string of the molecule is C[N+](C)(C)CCOC(=O)CNC(=O)[C@@H](CS)NC(=O)[C@@H](N)CCC(=O)[O-]. The number of aliphatic carboxylic acids is 1. The van der Waals surface area contributed by atoms with E-state index in [-0.39, 0.29) is 31.7 Å². The van der Waals surface area contributed by atoms with Gasteiger partial charge in [-0.2, -0.15) is 12.6 Å². The number of carboxylic acid groups (broad SMARTS) is 1. The molecular formula is C15H28N4O6S. The van der Waals surface area contributed by atoms with Crippen LogP contribution in [0.2, 0.25) is 0 Å². The molecule has 0 unspecified atom stereocenters. The molecule has 0 fully saturated rings. The van der Waals surface area contributed by atoms with Gasteiger partial charge in [0.25, 0.3) is 0 Å². The summed E-state index contributed by atoms with van der Waals surface area (Å²) in [6, 6.07) is -2.11. The van der Waals surface area contributed by atoms with Crippen LogP contribution in [0.4, 0.5) is 0 Å². The lowest BCUT2D eigenvalue weighted by atomic mass is 10.1. The summed E-state index contributed by atoms with van der Waals surface area (Å²) in [6.45, 7) is 0.504. The van der Waals surface area contributed by atoms with E-state index in [1.807, 2.05) is 21.1 Å². The third-order valence-electron chi connectivity index (χ3n) is 3.24. The molecule has 4 N–H and O–H groups in total. The minimum Gasteiger partial charge on any atom is -0.550 e. The molecule has 0 aliphatic rings. The number of carbonyl (C=O) groups is 4.